The van der Waals surface area contributed by atoms with Gasteiger partial charge in [-0.3, -0.25) is 0 Å². The van der Waals surface area contributed by atoms with Gasteiger partial charge in [-0.05, 0) is 12.8 Å². The molecule has 0 spiro atoms. The Balaban J connectivity index is 2.64. The van der Waals surface area contributed by atoms with Crippen molar-refractivity contribution >= 4 is 15.9 Å². The largest absolute Gasteiger partial charge is 0.361 e. The molecule has 1 rings (SSSR count). The first-order chi connectivity index (χ1) is 6.04. The van der Waals surface area contributed by atoms with Crippen LogP contribution in [0.1, 0.15) is 38.6 Å². The molecule has 0 unspecified atom stereocenters. The van der Waals surface area contributed by atoms with Crippen LogP contribution in [0.3, 0.4) is 0 Å². The molecular formula is C10H16BrNO. The van der Waals surface area contributed by atoms with Gasteiger partial charge in [-0.15, -0.1) is 0 Å². The number of halogens is 1. The average molecular weight is 246 g/mol. The standard InChI is InChI=1S/C10H16BrNO/c1-10(2,3)9-7-8(12-13-9)5-4-6-11/h7H,4-6H2,1-3H3. The first-order valence-corrected chi connectivity index (χ1v) is 5.68. The zero-order valence-electron chi connectivity index (χ0n) is 8.43. The second-order valence-corrected chi connectivity index (χ2v) is 5.02. The third-order valence-corrected chi connectivity index (χ3v) is 2.43. The van der Waals surface area contributed by atoms with E-state index in [1.807, 2.05) is 0 Å². The van der Waals surface area contributed by atoms with E-state index in [0.29, 0.717) is 0 Å². The molecule has 1 heterocycles. The van der Waals surface area contributed by atoms with Crippen LogP contribution >= 0.6 is 15.9 Å². The van der Waals surface area contributed by atoms with Crippen LogP contribution in [0.25, 0.3) is 0 Å². The van der Waals surface area contributed by atoms with Gasteiger partial charge in [0, 0.05) is 16.8 Å². The Hall–Kier alpha value is -0.310. The number of aromatic nitrogens is 1. The molecule has 0 saturated carbocycles. The fourth-order valence-electron chi connectivity index (χ4n) is 1.03. The van der Waals surface area contributed by atoms with E-state index in [1.165, 1.54) is 0 Å². The van der Waals surface area contributed by atoms with Crippen molar-refractivity contribution in [3.63, 3.8) is 0 Å². The van der Waals surface area contributed by atoms with Crippen LogP contribution in [-0.4, -0.2) is 10.5 Å². The van der Waals surface area contributed by atoms with E-state index in [4.69, 9.17) is 4.52 Å². The maximum Gasteiger partial charge on any atom is 0.142 e. The Bertz CT molecular complexity index is 262. The molecule has 0 fully saturated rings. The van der Waals surface area contributed by atoms with Crippen molar-refractivity contribution in [2.45, 2.75) is 39.0 Å². The van der Waals surface area contributed by atoms with Crippen molar-refractivity contribution in [2.75, 3.05) is 5.33 Å². The Labute approximate surface area is 87.8 Å². The number of aryl methyl sites for hydroxylation is 1. The van der Waals surface area contributed by atoms with E-state index in [0.717, 1.165) is 29.6 Å². The summed E-state index contributed by atoms with van der Waals surface area (Å²) in [5.74, 6) is 0.970. The highest BCUT2D eigenvalue weighted by Crippen LogP contribution is 2.22. The molecule has 1 aromatic heterocycles. The van der Waals surface area contributed by atoms with Gasteiger partial charge in [-0.1, -0.05) is 41.9 Å². The summed E-state index contributed by atoms with van der Waals surface area (Å²) < 4.78 is 5.26. The third-order valence-electron chi connectivity index (χ3n) is 1.86. The van der Waals surface area contributed by atoms with Crippen molar-refractivity contribution in [3.8, 4) is 0 Å². The molecule has 0 radical (unpaired) electrons. The van der Waals surface area contributed by atoms with Crippen LogP contribution < -0.4 is 0 Å². The van der Waals surface area contributed by atoms with Crippen molar-refractivity contribution in [1.29, 1.82) is 0 Å². The summed E-state index contributed by atoms with van der Waals surface area (Å²) in [6, 6.07) is 2.06. The summed E-state index contributed by atoms with van der Waals surface area (Å²) in [7, 11) is 0. The molecule has 0 amide bonds. The Morgan fingerprint density at radius 1 is 1.46 bits per heavy atom. The van der Waals surface area contributed by atoms with Gasteiger partial charge >= 0.3 is 0 Å². The lowest BCUT2D eigenvalue weighted by molar-refractivity contribution is 0.326. The summed E-state index contributed by atoms with van der Waals surface area (Å²) in [6.07, 6.45) is 2.10. The lowest BCUT2D eigenvalue weighted by atomic mass is 9.93. The second-order valence-electron chi connectivity index (χ2n) is 4.23. The first kappa shape index (κ1) is 10.8. The second kappa shape index (κ2) is 4.27. The fourth-order valence-corrected chi connectivity index (χ4v) is 1.31. The molecule has 3 heteroatoms. The molecule has 13 heavy (non-hydrogen) atoms. The number of alkyl halides is 1. The summed E-state index contributed by atoms with van der Waals surface area (Å²) in [5, 5.41) is 5.04. The van der Waals surface area contributed by atoms with Gasteiger partial charge in [0.1, 0.15) is 5.76 Å². The van der Waals surface area contributed by atoms with E-state index in [1.54, 1.807) is 0 Å². The molecule has 0 atom stereocenters. The van der Waals surface area contributed by atoms with Gasteiger partial charge < -0.3 is 4.52 Å². The maximum absolute atomic E-state index is 5.26. The molecule has 0 aliphatic carbocycles. The highest BCUT2D eigenvalue weighted by atomic mass is 79.9. The summed E-state index contributed by atoms with van der Waals surface area (Å²) in [5.41, 5.74) is 1.13. The zero-order chi connectivity index (χ0) is 9.90. The van der Waals surface area contributed by atoms with E-state index >= 15 is 0 Å². The van der Waals surface area contributed by atoms with E-state index in [2.05, 4.69) is 47.9 Å². The van der Waals surface area contributed by atoms with E-state index in [-0.39, 0.29) is 5.41 Å². The monoisotopic (exact) mass is 245 g/mol. The van der Waals surface area contributed by atoms with Gasteiger partial charge in [-0.25, -0.2) is 0 Å². The van der Waals surface area contributed by atoms with Gasteiger partial charge in [0.15, 0.2) is 0 Å². The normalized spacial score (nSPS) is 12.0. The molecule has 2 nitrogen and oxygen atoms in total. The number of hydrogen-bond donors (Lipinski definition) is 0. The lowest BCUT2D eigenvalue weighted by Crippen LogP contribution is -2.09. The molecular weight excluding hydrogens is 230 g/mol. The average Bonchev–Trinajstić information content (AvgIpc) is 2.47. The quantitative estimate of drug-likeness (QED) is 0.765. The molecule has 0 bridgehead atoms. The number of hydrogen-bond acceptors (Lipinski definition) is 2. The van der Waals surface area contributed by atoms with Gasteiger partial charge in [0.2, 0.25) is 0 Å². The molecule has 74 valence electrons. The molecule has 1 aromatic rings. The Kier molecular flexibility index (Phi) is 3.54. The lowest BCUT2D eigenvalue weighted by Gasteiger charge is -2.12. The third kappa shape index (κ3) is 3.14. The summed E-state index contributed by atoms with van der Waals surface area (Å²) >= 11 is 3.39. The van der Waals surface area contributed by atoms with E-state index < -0.39 is 0 Å². The topological polar surface area (TPSA) is 26.0 Å². The van der Waals surface area contributed by atoms with Crippen LogP contribution in [0.2, 0.25) is 0 Å². The SMILES string of the molecule is CC(C)(C)c1cc(CCCBr)no1. The maximum atomic E-state index is 5.26. The predicted molar refractivity (Wildman–Crippen MR) is 57.3 cm³/mol. The Morgan fingerprint density at radius 2 is 2.15 bits per heavy atom. The zero-order valence-corrected chi connectivity index (χ0v) is 10.0. The molecule has 0 saturated heterocycles. The minimum Gasteiger partial charge on any atom is -0.361 e. The van der Waals surface area contributed by atoms with E-state index in [9.17, 15) is 0 Å². The van der Waals surface area contributed by atoms with Crippen molar-refractivity contribution in [3.05, 3.63) is 17.5 Å². The predicted octanol–water partition coefficient (Wildman–Crippen LogP) is 3.30. The molecule has 0 aliphatic heterocycles. The highest BCUT2D eigenvalue weighted by Gasteiger charge is 2.19. The molecule has 0 N–H and O–H groups in total. The minimum atomic E-state index is 0.0691. The van der Waals surface area contributed by atoms with Crippen molar-refractivity contribution in [1.82, 2.24) is 5.16 Å². The van der Waals surface area contributed by atoms with Gasteiger partial charge in [0.25, 0.3) is 0 Å². The summed E-state index contributed by atoms with van der Waals surface area (Å²) in [4.78, 5) is 0. The molecule has 0 aromatic carbocycles. The Morgan fingerprint density at radius 3 is 2.62 bits per heavy atom. The van der Waals surface area contributed by atoms with Gasteiger partial charge in [0.05, 0.1) is 5.69 Å². The minimum absolute atomic E-state index is 0.0691. The van der Waals surface area contributed by atoms with Crippen LogP contribution in [0.15, 0.2) is 10.6 Å². The van der Waals surface area contributed by atoms with Crippen molar-refractivity contribution < 1.29 is 4.52 Å². The van der Waals surface area contributed by atoms with Crippen LogP contribution in [0.4, 0.5) is 0 Å². The fraction of sp³-hybridized carbons (Fsp3) is 0.700. The van der Waals surface area contributed by atoms with Gasteiger partial charge in [-0.2, -0.15) is 0 Å². The number of rotatable bonds is 3. The highest BCUT2D eigenvalue weighted by molar-refractivity contribution is 9.09. The number of nitrogens with zero attached hydrogens (tertiary/aromatic N) is 1. The van der Waals surface area contributed by atoms with Crippen LogP contribution in [0.5, 0.6) is 0 Å². The molecule has 0 aliphatic rings. The van der Waals surface area contributed by atoms with Crippen LogP contribution in [-0.2, 0) is 11.8 Å². The van der Waals surface area contributed by atoms with Crippen LogP contribution in [0, 0.1) is 0 Å². The smallest absolute Gasteiger partial charge is 0.142 e. The first-order valence-electron chi connectivity index (χ1n) is 4.56. The van der Waals surface area contributed by atoms with Crippen molar-refractivity contribution in [2.24, 2.45) is 0 Å². The summed E-state index contributed by atoms with van der Waals surface area (Å²) in [6.45, 7) is 6.38.